The minimum Gasteiger partial charge on any atom is -0.463 e. The number of hydrogen-bond acceptors (Lipinski definition) is 2. The second-order valence-electron chi connectivity index (χ2n) is 5.73. The van der Waals surface area contributed by atoms with Gasteiger partial charge in [0.1, 0.15) is 5.75 Å². The van der Waals surface area contributed by atoms with Crippen LogP contribution in [0.15, 0.2) is 53.4 Å². The molecule has 0 aromatic heterocycles. The first kappa shape index (κ1) is 19.3. The van der Waals surface area contributed by atoms with E-state index >= 15 is 0 Å². The van der Waals surface area contributed by atoms with Crippen LogP contribution < -0.4 is 4.74 Å². The number of benzene rings is 2. The van der Waals surface area contributed by atoms with Crippen LogP contribution in [0, 0.1) is 6.92 Å². The second-order valence-corrected chi connectivity index (χ2v) is 7.77. The van der Waals surface area contributed by atoms with E-state index in [0.717, 1.165) is 11.8 Å². The molecular weight excluding hydrogens is 387 g/mol. The molecule has 0 N–H and O–H groups in total. The van der Waals surface area contributed by atoms with Crippen LogP contribution in [-0.4, -0.2) is 12.2 Å². The first-order chi connectivity index (χ1) is 11.7. The van der Waals surface area contributed by atoms with Gasteiger partial charge >= 0.3 is 0 Å². The van der Waals surface area contributed by atoms with E-state index < -0.39 is 6.86 Å². The summed E-state index contributed by atoms with van der Waals surface area (Å²) < 4.78 is 17.2. The molecule has 0 aliphatic rings. The fourth-order valence-corrected chi connectivity index (χ4v) is 4.27. The van der Waals surface area contributed by atoms with Crippen LogP contribution in [0.1, 0.15) is 42.1 Å². The SMILES string of the molecule is Cc1ccccc1SC(CCCCCBr)c1ccc(OCF)cc1. The molecular formula is C20H24BrFOS. The van der Waals surface area contributed by atoms with Gasteiger partial charge < -0.3 is 4.74 Å². The Kier molecular flexibility index (Phi) is 8.68. The summed E-state index contributed by atoms with van der Waals surface area (Å²) in [6, 6.07) is 16.4. The topological polar surface area (TPSA) is 9.23 Å². The highest BCUT2D eigenvalue weighted by Gasteiger charge is 2.14. The van der Waals surface area contributed by atoms with Gasteiger partial charge in [0.25, 0.3) is 0 Å². The number of unbranched alkanes of at least 4 members (excludes halogenated alkanes) is 2. The molecule has 130 valence electrons. The molecule has 2 aromatic rings. The summed E-state index contributed by atoms with van der Waals surface area (Å²) in [5.74, 6) is 0.584. The predicted octanol–water partition coefficient (Wildman–Crippen LogP) is 7.09. The van der Waals surface area contributed by atoms with E-state index in [-0.39, 0.29) is 0 Å². The largest absolute Gasteiger partial charge is 0.463 e. The average molecular weight is 411 g/mol. The molecule has 0 aliphatic heterocycles. The zero-order chi connectivity index (χ0) is 17.2. The monoisotopic (exact) mass is 410 g/mol. The summed E-state index contributed by atoms with van der Waals surface area (Å²) in [7, 11) is 0. The average Bonchev–Trinajstić information content (AvgIpc) is 2.60. The minimum atomic E-state index is -0.784. The summed E-state index contributed by atoms with van der Waals surface area (Å²) in [4.78, 5) is 1.33. The van der Waals surface area contributed by atoms with Crippen molar-refractivity contribution in [1.29, 1.82) is 0 Å². The van der Waals surface area contributed by atoms with Crippen molar-refractivity contribution in [2.24, 2.45) is 0 Å². The molecule has 1 unspecified atom stereocenters. The van der Waals surface area contributed by atoms with Crippen LogP contribution in [0.25, 0.3) is 0 Å². The van der Waals surface area contributed by atoms with Crippen LogP contribution in [-0.2, 0) is 0 Å². The Labute approximate surface area is 157 Å². The maximum absolute atomic E-state index is 12.3. The van der Waals surface area contributed by atoms with Crippen molar-refractivity contribution in [2.45, 2.75) is 42.8 Å². The maximum Gasteiger partial charge on any atom is 0.228 e. The standard InChI is InChI=1S/C20H24BrFOS/c1-16-7-4-5-8-19(16)24-20(9-3-2-6-14-21)17-10-12-18(13-11-17)23-15-22/h4-5,7-8,10-13,20H,2-3,6,9,14-15H2,1H3. The van der Waals surface area contributed by atoms with Crippen molar-refractivity contribution < 1.29 is 9.13 Å². The molecule has 4 heteroatoms. The molecule has 2 aromatic carbocycles. The first-order valence-electron chi connectivity index (χ1n) is 8.31. The van der Waals surface area contributed by atoms with E-state index in [1.54, 1.807) is 0 Å². The normalized spacial score (nSPS) is 12.1. The number of rotatable bonds is 10. The van der Waals surface area contributed by atoms with E-state index in [1.165, 1.54) is 35.3 Å². The fourth-order valence-electron chi connectivity index (χ4n) is 2.58. The third kappa shape index (κ3) is 6.14. The quantitative estimate of drug-likeness (QED) is 0.235. The van der Waals surface area contributed by atoms with E-state index in [4.69, 9.17) is 4.74 Å². The van der Waals surface area contributed by atoms with Gasteiger partial charge in [0, 0.05) is 15.5 Å². The zero-order valence-corrected chi connectivity index (χ0v) is 16.4. The van der Waals surface area contributed by atoms with Crippen LogP contribution in [0.4, 0.5) is 4.39 Å². The predicted molar refractivity (Wildman–Crippen MR) is 105 cm³/mol. The summed E-state index contributed by atoms with van der Waals surface area (Å²) in [5.41, 5.74) is 2.58. The Balaban J connectivity index is 2.10. The smallest absolute Gasteiger partial charge is 0.228 e. The number of alkyl halides is 2. The Hall–Kier alpha value is -1.00. The molecule has 0 radical (unpaired) electrons. The van der Waals surface area contributed by atoms with Gasteiger partial charge in [-0.05, 0) is 49.1 Å². The Bertz CT molecular complexity index is 603. The second kappa shape index (κ2) is 10.8. The molecule has 2 rings (SSSR count). The highest BCUT2D eigenvalue weighted by atomic mass is 79.9. The summed E-state index contributed by atoms with van der Waals surface area (Å²) in [5, 5.41) is 1.47. The van der Waals surface area contributed by atoms with Crippen LogP contribution in [0.2, 0.25) is 0 Å². The molecule has 0 fully saturated rings. The Morgan fingerprint density at radius 2 is 1.79 bits per heavy atom. The van der Waals surface area contributed by atoms with Crippen molar-refractivity contribution in [2.75, 3.05) is 12.2 Å². The zero-order valence-electron chi connectivity index (χ0n) is 14.0. The van der Waals surface area contributed by atoms with Gasteiger partial charge in [-0.1, -0.05) is 59.1 Å². The van der Waals surface area contributed by atoms with Crippen molar-refractivity contribution in [3.8, 4) is 5.75 Å². The molecule has 1 nitrogen and oxygen atoms in total. The van der Waals surface area contributed by atoms with Gasteiger partial charge in [0.05, 0.1) is 0 Å². The lowest BCUT2D eigenvalue weighted by Gasteiger charge is -2.18. The minimum absolute atomic E-state index is 0.404. The van der Waals surface area contributed by atoms with E-state index in [0.29, 0.717) is 11.0 Å². The van der Waals surface area contributed by atoms with Gasteiger partial charge in [0.2, 0.25) is 6.86 Å². The van der Waals surface area contributed by atoms with Crippen molar-refractivity contribution >= 4 is 27.7 Å². The van der Waals surface area contributed by atoms with E-state index in [1.807, 2.05) is 23.9 Å². The van der Waals surface area contributed by atoms with Gasteiger partial charge in [0.15, 0.2) is 0 Å². The summed E-state index contributed by atoms with van der Waals surface area (Å²) in [6.07, 6.45) is 4.79. The van der Waals surface area contributed by atoms with Crippen molar-refractivity contribution in [1.82, 2.24) is 0 Å². The molecule has 24 heavy (non-hydrogen) atoms. The lowest BCUT2D eigenvalue weighted by molar-refractivity contribution is 0.191. The number of ether oxygens (including phenoxy) is 1. The Morgan fingerprint density at radius 1 is 1.04 bits per heavy atom. The third-order valence-corrected chi connectivity index (χ3v) is 6.00. The number of aryl methyl sites for hydroxylation is 1. The van der Waals surface area contributed by atoms with Crippen LogP contribution in [0.3, 0.4) is 0 Å². The Morgan fingerprint density at radius 3 is 2.46 bits per heavy atom. The van der Waals surface area contributed by atoms with E-state index in [9.17, 15) is 4.39 Å². The number of hydrogen-bond donors (Lipinski definition) is 0. The molecule has 0 amide bonds. The van der Waals surface area contributed by atoms with Crippen molar-refractivity contribution in [3.05, 3.63) is 59.7 Å². The van der Waals surface area contributed by atoms with E-state index in [2.05, 4.69) is 59.3 Å². The van der Waals surface area contributed by atoms with Gasteiger partial charge in [-0.15, -0.1) is 11.8 Å². The number of halogens is 2. The third-order valence-electron chi connectivity index (χ3n) is 3.94. The van der Waals surface area contributed by atoms with Crippen LogP contribution in [0.5, 0.6) is 5.75 Å². The molecule has 0 saturated heterocycles. The molecule has 0 saturated carbocycles. The highest BCUT2D eigenvalue weighted by Crippen LogP contribution is 2.40. The lowest BCUT2D eigenvalue weighted by Crippen LogP contribution is -1.97. The fraction of sp³-hybridized carbons (Fsp3) is 0.400. The maximum atomic E-state index is 12.3. The van der Waals surface area contributed by atoms with Gasteiger partial charge in [-0.3, -0.25) is 0 Å². The summed E-state index contributed by atoms with van der Waals surface area (Å²) in [6.45, 7) is 1.37. The van der Waals surface area contributed by atoms with Crippen LogP contribution >= 0.6 is 27.7 Å². The molecule has 0 aliphatic carbocycles. The summed E-state index contributed by atoms with van der Waals surface area (Å²) >= 11 is 5.42. The van der Waals surface area contributed by atoms with Crippen molar-refractivity contribution in [3.63, 3.8) is 0 Å². The molecule has 0 bridgehead atoms. The molecule has 0 heterocycles. The first-order valence-corrected chi connectivity index (χ1v) is 10.3. The lowest BCUT2D eigenvalue weighted by atomic mass is 10.1. The molecule has 1 atom stereocenters. The highest BCUT2D eigenvalue weighted by molar-refractivity contribution is 9.09. The molecule has 0 spiro atoms. The van der Waals surface area contributed by atoms with Gasteiger partial charge in [-0.2, -0.15) is 0 Å². The number of thioether (sulfide) groups is 1. The van der Waals surface area contributed by atoms with Gasteiger partial charge in [-0.25, -0.2) is 4.39 Å².